The highest BCUT2D eigenvalue weighted by Crippen LogP contribution is 2.22. The third kappa shape index (κ3) is 2.51. The maximum atomic E-state index is 10.9. The average molecular weight is 293 g/mol. The number of pyridine rings is 1. The number of aromatic carboxylic acids is 1. The highest BCUT2D eigenvalue weighted by atomic mass is 16.6. The van der Waals surface area contributed by atoms with Gasteiger partial charge in [-0.05, 0) is 6.92 Å². The molecule has 0 aliphatic rings. The van der Waals surface area contributed by atoms with Crippen LogP contribution in [0.25, 0.3) is 5.82 Å². The molecule has 1 N–H and O–H groups in total. The van der Waals surface area contributed by atoms with Gasteiger partial charge >= 0.3 is 11.7 Å². The van der Waals surface area contributed by atoms with Crippen molar-refractivity contribution >= 4 is 17.3 Å². The number of carboxylic acid groups (broad SMARTS) is 1. The molecular weight excluding hydrogens is 286 g/mol. The Kier molecular flexibility index (Phi) is 3.32. The van der Waals surface area contributed by atoms with Crippen LogP contribution in [0.3, 0.4) is 0 Å². The zero-order valence-electron chi connectivity index (χ0n) is 10.5. The molecule has 108 valence electrons. The molecule has 2 heterocycles. The first-order valence-electron chi connectivity index (χ1n) is 5.40. The first-order valence-corrected chi connectivity index (χ1v) is 5.40. The number of aryl methyl sites for hydroxylation is 1. The molecule has 21 heavy (non-hydrogen) atoms. The molecule has 2 rings (SSSR count). The van der Waals surface area contributed by atoms with E-state index in [1.807, 2.05) is 0 Å². The van der Waals surface area contributed by atoms with Crippen LogP contribution in [0.4, 0.5) is 11.4 Å². The number of aromatic nitrogens is 3. The Hall–Kier alpha value is -3.37. The molecule has 0 fully saturated rings. The van der Waals surface area contributed by atoms with Crippen LogP contribution in [0.1, 0.15) is 16.1 Å². The van der Waals surface area contributed by atoms with Crippen LogP contribution in [-0.2, 0) is 0 Å². The lowest BCUT2D eigenvalue weighted by Gasteiger charge is -2.01. The summed E-state index contributed by atoms with van der Waals surface area (Å²) in [5.41, 5.74) is -1.46. The average Bonchev–Trinajstić information content (AvgIpc) is 2.84. The van der Waals surface area contributed by atoms with Crippen molar-refractivity contribution in [3.05, 3.63) is 49.9 Å². The van der Waals surface area contributed by atoms with E-state index in [1.165, 1.54) is 13.1 Å². The normalized spacial score (nSPS) is 10.3. The lowest BCUT2D eigenvalue weighted by atomic mass is 10.2. The Labute approximate surface area is 115 Å². The van der Waals surface area contributed by atoms with Gasteiger partial charge in [-0.3, -0.25) is 20.2 Å². The number of hydrogen-bond donors (Lipinski definition) is 1. The molecular formula is C10H7N5O6. The molecule has 0 amide bonds. The van der Waals surface area contributed by atoms with Gasteiger partial charge in [0.05, 0.1) is 15.9 Å². The van der Waals surface area contributed by atoms with Crippen LogP contribution in [0.15, 0.2) is 18.5 Å². The van der Waals surface area contributed by atoms with E-state index >= 15 is 0 Å². The van der Waals surface area contributed by atoms with Crippen molar-refractivity contribution < 1.29 is 19.7 Å². The summed E-state index contributed by atoms with van der Waals surface area (Å²) >= 11 is 0. The van der Waals surface area contributed by atoms with Crippen LogP contribution in [0.2, 0.25) is 0 Å². The molecule has 0 radical (unpaired) electrons. The number of nitro groups is 2. The minimum absolute atomic E-state index is 0.0945. The molecule has 0 unspecified atom stereocenters. The van der Waals surface area contributed by atoms with Gasteiger partial charge < -0.3 is 5.11 Å². The summed E-state index contributed by atoms with van der Waals surface area (Å²) in [6.45, 7) is 1.48. The van der Waals surface area contributed by atoms with E-state index in [0.29, 0.717) is 5.56 Å². The van der Waals surface area contributed by atoms with Gasteiger partial charge in [0.2, 0.25) is 5.69 Å². The maximum Gasteiger partial charge on any atom is 0.363 e. The molecule has 2 aromatic heterocycles. The van der Waals surface area contributed by atoms with E-state index in [1.54, 1.807) is 0 Å². The number of carbonyl (C=O) groups is 1. The fraction of sp³-hybridized carbons (Fsp3) is 0.100. The van der Waals surface area contributed by atoms with Gasteiger partial charge in [-0.15, -0.1) is 0 Å². The molecule has 0 bridgehead atoms. The zero-order valence-corrected chi connectivity index (χ0v) is 10.5. The Balaban J connectivity index is 2.60. The Bertz CT molecular complexity index is 736. The van der Waals surface area contributed by atoms with Gasteiger partial charge in [0, 0.05) is 11.8 Å². The summed E-state index contributed by atoms with van der Waals surface area (Å²) in [4.78, 5) is 34.8. The third-order valence-corrected chi connectivity index (χ3v) is 2.59. The minimum atomic E-state index is -1.58. The summed E-state index contributed by atoms with van der Waals surface area (Å²) in [6.07, 6.45) is 2.03. The fourth-order valence-corrected chi connectivity index (χ4v) is 1.59. The van der Waals surface area contributed by atoms with Gasteiger partial charge in [0.25, 0.3) is 5.69 Å². The van der Waals surface area contributed by atoms with E-state index in [-0.39, 0.29) is 11.5 Å². The first kappa shape index (κ1) is 14.0. The van der Waals surface area contributed by atoms with E-state index in [0.717, 1.165) is 16.9 Å². The number of hydrogen-bond acceptors (Lipinski definition) is 7. The van der Waals surface area contributed by atoms with E-state index in [9.17, 15) is 25.0 Å². The second-order valence-corrected chi connectivity index (χ2v) is 3.96. The second-order valence-electron chi connectivity index (χ2n) is 3.96. The van der Waals surface area contributed by atoms with Crippen molar-refractivity contribution in [2.75, 3.05) is 0 Å². The smallest absolute Gasteiger partial charge is 0.363 e. The SMILES string of the molecule is Cc1cnc(-n2cc([N+](=O)[O-])c(C(=O)O)n2)cc1[N+](=O)[O-]. The van der Waals surface area contributed by atoms with E-state index < -0.39 is 27.2 Å². The van der Waals surface area contributed by atoms with Crippen LogP contribution in [0, 0.1) is 27.2 Å². The molecule has 0 aliphatic carbocycles. The monoisotopic (exact) mass is 293 g/mol. The van der Waals surface area contributed by atoms with Gasteiger partial charge in [-0.1, -0.05) is 0 Å². The Morgan fingerprint density at radius 1 is 1.29 bits per heavy atom. The fourth-order valence-electron chi connectivity index (χ4n) is 1.59. The Morgan fingerprint density at radius 2 is 1.90 bits per heavy atom. The van der Waals surface area contributed by atoms with Gasteiger partial charge in [0.1, 0.15) is 6.20 Å². The second kappa shape index (κ2) is 4.96. The summed E-state index contributed by atoms with van der Waals surface area (Å²) < 4.78 is 0.814. The summed E-state index contributed by atoms with van der Waals surface area (Å²) in [5.74, 6) is -1.68. The molecule has 0 aromatic carbocycles. The summed E-state index contributed by atoms with van der Waals surface area (Å²) in [6, 6.07) is 1.05. The van der Waals surface area contributed by atoms with Gasteiger partial charge in [0.15, 0.2) is 5.82 Å². The lowest BCUT2D eigenvalue weighted by Crippen LogP contribution is -2.04. The number of nitrogens with zero attached hydrogens (tertiary/aromatic N) is 5. The quantitative estimate of drug-likeness (QED) is 0.648. The third-order valence-electron chi connectivity index (χ3n) is 2.59. The minimum Gasteiger partial charge on any atom is -0.476 e. The molecule has 0 saturated carbocycles. The van der Waals surface area contributed by atoms with Crippen molar-refractivity contribution in [3.63, 3.8) is 0 Å². The zero-order chi connectivity index (χ0) is 15.7. The van der Waals surface area contributed by atoms with Crippen molar-refractivity contribution in [3.8, 4) is 5.82 Å². The van der Waals surface area contributed by atoms with Crippen molar-refractivity contribution in [1.29, 1.82) is 0 Å². The first-order chi connectivity index (χ1) is 9.81. The predicted octanol–water partition coefficient (Wildman–Crippen LogP) is 1.09. The van der Waals surface area contributed by atoms with Crippen molar-refractivity contribution in [2.45, 2.75) is 6.92 Å². The molecule has 0 spiro atoms. The highest BCUT2D eigenvalue weighted by molar-refractivity contribution is 5.89. The largest absolute Gasteiger partial charge is 0.476 e. The highest BCUT2D eigenvalue weighted by Gasteiger charge is 2.26. The topological polar surface area (TPSA) is 154 Å². The van der Waals surface area contributed by atoms with Gasteiger partial charge in [-0.25, -0.2) is 14.5 Å². The lowest BCUT2D eigenvalue weighted by molar-refractivity contribution is -0.385. The van der Waals surface area contributed by atoms with Crippen LogP contribution >= 0.6 is 0 Å². The summed E-state index contributed by atoms with van der Waals surface area (Å²) in [7, 11) is 0. The predicted molar refractivity (Wildman–Crippen MR) is 66.4 cm³/mol. The molecule has 0 saturated heterocycles. The maximum absolute atomic E-state index is 10.9. The van der Waals surface area contributed by atoms with Crippen LogP contribution < -0.4 is 0 Å². The molecule has 11 heteroatoms. The van der Waals surface area contributed by atoms with E-state index in [2.05, 4.69) is 10.1 Å². The van der Waals surface area contributed by atoms with Crippen molar-refractivity contribution in [1.82, 2.24) is 14.8 Å². The molecule has 0 atom stereocenters. The number of rotatable bonds is 4. The Morgan fingerprint density at radius 3 is 2.38 bits per heavy atom. The van der Waals surface area contributed by atoms with Crippen molar-refractivity contribution in [2.24, 2.45) is 0 Å². The van der Waals surface area contributed by atoms with E-state index in [4.69, 9.17) is 5.11 Å². The molecule has 2 aromatic rings. The van der Waals surface area contributed by atoms with Gasteiger partial charge in [-0.2, -0.15) is 5.10 Å². The van der Waals surface area contributed by atoms with Crippen LogP contribution in [0.5, 0.6) is 0 Å². The summed E-state index contributed by atoms with van der Waals surface area (Å²) in [5, 5.41) is 34.0. The number of carboxylic acids is 1. The van der Waals surface area contributed by atoms with Crippen LogP contribution in [-0.4, -0.2) is 35.7 Å². The molecule has 11 nitrogen and oxygen atoms in total. The standard InChI is InChI=1S/C10H7N5O6/c1-5-3-11-8(2-6(5)14(18)19)13-4-7(15(20)21)9(12-13)10(16)17/h2-4H,1H3,(H,16,17). The molecule has 0 aliphatic heterocycles.